The number of hydrogen-bond acceptors (Lipinski definition) is 3. The first kappa shape index (κ1) is 16.1. The molecular formula is C16H22ClNO3. The van der Waals surface area contributed by atoms with Gasteiger partial charge in [0.2, 0.25) is 5.91 Å². The molecule has 2 rings (SSSR count). The number of halogens is 1. The number of benzene rings is 1. The molecular weight excluding hydrogens is 290 g/mol. The predicted octanol–water partition coefficient (Wildman–Crippen LogP) is 2.65. The number of nitrogens with zero attached hydrogens (tertiary/aromatic N) is 1. The summed E-state index contributed by atoms with van der Waals surface area (Å²) in [7, 11) is 0. The van der Waals surface area contributed by atoms with Gasteiger partial charge in [-0.3, -0.25) is 4.79 Å². The average Bonchev–Trinajstić information content (AvgIpc) is 2.96. The van der Waals surface area contributed by atoms with Gasteiger partial charge in [-0.15, -0.1) is 0 Å². The molecule has 0 bridgehead atoms. The van der Waals surface area contributed by atoms with E-state index in [9.17, 15) is 4.79 Å². The number of carbonyl (C=O) groups excluding carboxylic acids is 1. The van der Waals surface area contributed by atoms with Crippen LogP contribution in [0.3, 0.4) is 0 Å². The average molecular weight is 312 g/mol. The van der Waals surface area contributed by atoms with Gasteiger partial charge in [-0.2, -0.15) is 0 Å². The van der Waals surface area contributed by atoms with E-state index >= 15 is 0 Å². The lowest BCUT2D eigenvalue weighted by atomic mass is 10.1. The SMILES string of the molecule is Cc1cc(OCCCC(=O)N2CCC(CO)C2)ccc1Cl. The van der Waals surface area contributed by atoms with E-state index < -0.39 is 0 Å². The highest BCUT2D eigenvalue weighted by Gasteiger charge is 2.24. The van der Waals surface area contributed by atoms with Gasteiger partial charge < -0.3 is 14.7 Å². The number of likely N-dealkylation sites (tertiary alicyclic amines) is 1. The Morgan fingerprint density at radius 3 is 3.00 bits per heavy atom. The van der Waals surface area contributed by atoms with Crippen LogP contribution in [0.5, 0.6) is 5.75 Å². The van der Waals surface area contributed by atoms with Crippen LogP contribution < -0.4 is 4.74 Å². The van der Waals surface area contributed by atoms with Crippen LogP contribution in [0.15, 0.2) is 18.2 Å². The van der Waals surface area contributed by atoms with Crippen LogP contribution in [0.4, 0.5) is 0 Å². The monoisotopic (exact) mass is 311 g/mol. The Labute approximate surface area is 130 Å². The second-order valence-electron chi connectivity index (χ2n) is 5.54. The van der Waals surface area contributed by atoms with Gasteiger partial charge in [0, 0.05) is 37.1 Å². The van der Waals surface area contributed by atoms with Crippen LogP contribution in [-0.4, -0.2) is 42.2 Å². The minimum atomic E-state index is 0.154. The highest BCUT2D eigenvalue weighted by molar-refractivity contribution is 6.31. The molecule has 1 saturated heterocycles. The number of aliphatic hydroxyl groups excluding tert-OH is 1. The quantitative estimate of drug-likeness (QED) is 0.822. The summed E-state index contributed by atoms with van der Waals surface area (Å²) in [5.41, 5.74) is 0.984. The zero-order chi connectivity index (χ0) is 15.2. The number of aliphatic hydroxyl groups is 1. The van der Waals surface area contributed by atoms with Crippen molar-refractivity contribution in [1.29, 1.82) is 0 Å². The van der Waals surface area contributed by atoms with Gasteiger partial charge >= 0.3 is 0 Å². The molecule has 4 nitrogen and oxygen atoms in total. The third-order valence-corrected chi connectivity index (χ3v) is 4.25. The van der Waals surface area contributed by atoms with Crippen molar-refractivity contribution in [2.45, 2.75) is 26.2 Å². The van der Waals surface area contributed by atoms with Crippen molar-refractivity contribution >= 4 is 17.5 Å². The van der Waals surface area contributed by atoms with Gasteiger partial charge in [0.1, 0.15) is 5.75 Å². The predicted molar refractivity (Wildman–Crippen MR) is 82.7 cm³/mol. The molecule has 1 heterocycles. The van der Waals surface area contributed by atoms with Crippen molar-refractivity contribution in [2.24, 2.45) is 5.92 Å². The Morgan fingerprint density at radius 2 is 2.33 bits per heavy atom. The molecule has 1 aliphatic heterocycles. The van der Waals surface area contributed by atoms with Crippen molar-refractivity contribution < 1.29 is 14.6 Å². The largest absolute Gasteiger partial charge is 0.494 e. The number of amides is 1. The first-order chi connectivity index (χ1) is 10.1. The standard InChI is InChI=1S/C16H22ClNO3/c1-12-9-14(4-5-15(12)17)21-8-2-3-16(20)18-7-6-13(10-18)11-19/h4-5,9,13,19H,2-3,6-8,10-11H2,1H3. The molecule has 1 aromatic rings. The summed E-state index contributed by atoms with van der Waals surface area (Å²) < 4.78 is 5.63. The van der Waals surface area contributed by atoms with Crippen molar-refractivity contribution in [3.05, 3.63) is 28.8 Å². The van der Waals surface area contributed by atoms with Crippen LogP contribution in [0.25, 0.3) is 0 Å². The van der Waals surface area contributed by atoms with Gasteiger partial charge in [0.15, 0.2) is 0 Å². The normalized spacial score (nSPS) is 18.0. The minimum Gasteiger partial charge on any atom is -0.494 e. The summed E-state index contributed by atoms with van der Waals surface area (Å²) in [6.07, 6.45) is 2.09. The molecule has 1 atom stereocenters. The van der Waals surface area contributed by atoms with E-state index in [1.165, 1.54) is 0 Å². The van der Waals surface area contributed by atoms with Crippen LogP contribution in [0.2, 0.25) is 5.02 Å². The maximum absolute atomic E-state index is 12.0. The molecule has 1 N–H and O–H groups in total. The summed E-state index contributed by atoms with van der Waals surface area (Å²) in [6, 6.07) is 5.55. The molecule has 1 amide bonds. The second kappa shape index (κ2) is 7.66. The third kappa shape index (κ3) is 4.61. The fourth-order valence-corrected chi connectivity index (χ4v) is 2.60. The molecule has 5 heteroatoms. The van der Waals surface area contributed by atoms with Crippen molar-refractivity contribution in [2.75, 3.05) is 26.3 Å². The molecule has 0 spiro atoms. The van der Waals surface area contributed by atoms with Crippen molar-refractivity contribution in [3.8, 4) is 5.75 Å². The Balaban J connectivity index is 1.67. The third-order valence-electron chi connectivity index (χ3n) is 3.83. The molecule has 1 aliphatic rings. The Hall–Kier alpha value is -1.26. The van der Waals surface area contributed by atoms with E-state index in [0.29, 0.717) is 26.0 Å². The first-order valence-electron chi connectivity index (χ1n) is 7.37. The van der Waals surface area contributed by atoms with Gasteiger partial charge in [-0.1, -0.05) is 11.6 Å². The van der Waals surface area contributed by atoms with Gasteiger partial charge in [-0.25, -0.2) is 0 Å². The molecule has 0 saturated carbocycles. The Bertz CT molecular complexity index is 492. The Kier molecular flexibility index (Phi) is 5.88. The number of rotatable bonds is 6. The van der Waals surface area contributed by atoms with E-state index in [0.717, 1.165) is 29.3 Å². The molecule has 21 heavy (non-hydrogen) atoms. The topological polar surface area (TPSA) is 49.8 Å². The molecule has 0 aromatic heterocycles. The van der Waals surface area contributed by atoms with Crippen LogP contribution in [0.1, 0.15) is 24.8 Å². The van der Waals surface area contributed by atoms with E-state index in [1.54, 1.807) is 0 Å². The highest BCUT2D eigenvalue weighted by atomic mass is 35.5. The first-order valence-corrected chi connectivity index (χ1v) is 7.75. The maximum Gasteiger partial charge on any atom is 0.222 e. The van der Waals surface area contributed by atoms with Crippen LogP contribution in [0, 0.1) is 12.8 Å². The lowest BCUT2D eigenvalue weighted by Gasteiger charge is -2.16. The fraction of sp³-hybridized carbons (Fsp3) is 0.562. The van der Waals surface area contributed by atoms with E-state index in [-0.39, 0.29) is 18.4 Å². The summed E-state index contributed by atoms with van der Waals surface area (Å²) >= 11 is 5.96. The van der Waals surface area contributed by atoms with Gasteiger partial charge in [0.25, 0.3) is 0 Å². The molecule has 0 aliphatic carbocycles. The molecule has 116 valence electrons. The molecule has 1 aromatic carbocycles. The van der Waals surface area contributed by atoms with E-state index in [1.807, 2.05) is 30.0 Å². The minimum absolute atomic E-state index is 0.154. The fourth-order valence-electron chi connectivity index (χ4n) is 2.49. The number of hydrogen-bond donors (Lipinski definition) is 1. The smallest absolute Gasteiger partial charge is 0.222 e. The number of carbonyl (C=O) groups is 1. The van der Waals surface area contributed by atoms with Crippen molar-refractivity contribution in [3.63, 3.8) is 0 Å². The number of aryl methyl sites for hydroxylation is 1. The zero-order valence-electron chi connectivity index (χ0n) is 12.3. The maximum atomic E-state index is 12.0. The van der Waals surface area contributed by atoms with E-state index in [2.05, 4.69) is 0 Å². The molecule has 1 fully saturated rings. The van der Waals surface area contributed by atoms with Crippen LogP contribution in [-0.2, 0) is 4.79 Å². The van der Waals surface area contributed by atoms with Gasteiger partial charge in [0.05, 0.1) is 6.61 Å². The summed E-state index contributed by atoms with van der Waals surface area (Å²) in [5.74, 6) is 1.19. The second-order valence-corrected chi connectivity index (χ2v) is 5.95. The molecule has 0 radical (unpaired) electrons. The summed E-state index contributed by atoms with van der Waals surface area (Å²) in [6.45, 7) is 4.07. The van der Waals surface area contributed by atoms with Gasteiger partial charge in [-0.05, 0) is 43.5 Å². The summed E-state index contributed by atoms with van der Waals surface area (Å²) in [5, 5.41) is 9.81. The zero-order valence-corrected chi connectivity index (χ0v) is 13.1. The van der Waals surface area contributed by atoms with E-state index in [4.69, 9.17) is 21.4 Å². The number of ether oxygens (including phenoxy) is 1. The lowest BCUT2D eigenvalue weighted by Crippen LogP contribution is -2.29. The Morgan fingerprint density at radius 1 is 1.52 bits per heavy atom. The summed E-state index contributed by atoms with van der Waals surface area (Å²) in [4.78, 5) is 13.8. The highest BCUT2D eigenvalue weighted by Crippen LogP contribution is 2.21. The van der Waals surface area contributed by atoms with Crippen LogP contribution >= 0.6 is 11.6 Å². The van der Waals surface area contributed by atoms with Crippen molar-refractivity contribution in [1.82, 2.24) is 4.90 Å². The molecule has 1 unspecified atom stereocenters. The lowest BCUT2D eigenvalue weighted by molar-refractivity contribution is -0.130.